The largest absolute Gasteiger partial charge is 0.398 e. The number of nitrogens with zero attached hydrogens (tertiary/aromatic N) is 2. The SMILES string of the molecule is CC(=O)N1CCC(NC(=O)CN2CCCc3c(N)cccc32)CC1.Cl. The Morgan fingerprint density at radius 1 is 1.24 bits per heavy atom. The van der Waals surface area contributed by atoms with Crippen LogP contribution in [0.15, 0.2) is 18.2 Å². The highest BCUT2D eigenvalue weighted by molar-refractivity contribution is 5.85. The van der Waals surface area contributed by atoms with Gasteiger partial charge in [-0.15, -0.1) is 12.4 Å². The summed E-state index contributed by atoms with van der Waals surface area (Å²) in [4.78, 5) is 27.7. The van der Waals surface area contributed by atoms with Crippen molar-refractivity contribution >= 4 is 35.6 Å². The van der Waals surface area contributed by atoms with Gasteiger partial charge in [0.1, 0.15) is 0 Å². The standard InChI is InChI=1S/C18H26N4O2.ClH/c1-13(23)21-10-7-14(8-11-21)20-18(24)12-22-9-3-4-15-16(19)5-2-6-17(15)22;/h2,5-6,14H,3-4,7-12,19H2,1H3,(H,20,24);1H. The Kier molecular flexibility index (Phi) is 6.53. The van der Waals surface area contributed by atoms with E-state index in [4.69, 9.17) is 5.73 Å². The van der Waals surface area contributed by atoms with E-state index >= 15 is 0 Å². The lowest BCUT2D eigenvalue weighted by molar-refractivity contribution is -0.130. The molecule has 0 saturated carbocycles. The van der Waals surface area contributed by atoms with E-state index in [0.29, 0.717) is 6.54 Å². The van der Waals surface area contributed by atoms with E-state index in [1.54, 1.807) is 6.92 Å². The molecule has 2 heterocycles. The van der Waals surface area contributed by atoms with Crippen LogP contribution in [0.4, 0.5) is 11.4 Å². The van der Waals surface area contributed by atoms with Crippen LogP contribution in [-0.4, -0.2) is 48.9 Å². The molecule has 3 N–H and O–H groups in total. The van der Waals surface area contributed by atoms with Gasteiger partial charge in [-0.25, -0.2) is 0 Å². The third-order valence-electron chi connectivity index (χ3n) is 5.02. The fourth-order valence-corrected chi connectivity index (χ4v) is 3.68. The zero-order chi connectivity index (χ0) is 17.1. The van der Waals surface area contributed by atoms with Crippen LogP contribution in [-0.2, 0) is 16.0 Å². The second-order valence-corrected chi connectivity index (χ2v) is 6.72. The second kappa shape index (κ2) is 8.43. The summed E-state index contributed by atoms with van der Waals surface area (Å²) in [5.41, 5.74) is 9.12. The molecular formula is C18H27ClN4O2. The number of nitrogens with one attached hydrogen (secondary N) is 1. The quantitative estimate of drug-likeness (QED) is 0.796. The third-order valence-corrected chi connectivity index (χ3v) is 5.02. The Balaban J connectivity index is 0.00000225. The summed E-state index contributed by atoms with van der Waals surface area (Å²) in [6, 6.07) is 6.08. The Bertz CT molecular complexity index is 630. The molecule has 25 heavy (non-hydrogen) atoms. The normalized spacial score (nSPS) is 17.5. The summed E-state index contributed by atoms with van der Waals surface area (Å²) in [7, 11) is 0. The number of hydrogen-bond acceptors (Lipinski definition) is 4. The van der Waals surface area contributed by atoms with Gasteiger partial charge in [-0.2, -0.15) is 0 Å². The number of anilines is 2. The molecule has 0 unspecified atom stereocenters. The smallest absolute Gasteiger partial charge is 0.239 e. The molecule has 3 rings (SSSR count). The zero-order valence-electron chi connectivity index (χ0n) is 14.7. The molecule has 0 bridgehead atoms. The number of carbonyl (C=O) groups is 2. The number of rotatable bonds is 3. The second-order valence-electron chi connectivity index (χ2n) is 6.72. The minimum Gasteiger partial charge on any atom is -0.398 e. The number of likely N-dealkylation sites (tertiary alicyclic amines) is 1. The lowest BCUT2D eigenvalue weighted by Crippen LogP contribution is -2.48. The summed E-state index contributed by atoms with van der Waals surface area (Å²) >= 11 is 0. The van der Waals surface area contributed by atoms with Gasteiger partial charge in [0.05, 0.1) is 6.54 Å². The molecule has 138 valence electrons. The van der Waals surface area contributed by atoms with Crippen LogP contribution in [0.3, 0.4) is 0 Å². The molecule has 2 aliphatic rings. The number of amides is 2. The Morgan fingerprint density at radius 2 is 1.96 bits per heavy atom. The molecule has 6 nitrogen and oxygen atoms in total. The molecule has 1 aromatic carbocycles. The maximum absolute atomic E-state index is 12.4. The van der Waals surface area contributed by atoms with Crippen molar-refractivity contribution in [1.82, 2.24) is 10.2 Å². The summed E-state index contributed by atoms with van der Waals surface area (Å²) in [6.07, 6.45) is 3.65. The Labute approximate surface area is 155 Å². The molecule has 2 aliphatic heterocycles. The van der Waals surface area contributed by atoms with Crippen LogP contribution in [0.1, 0.15) is 31.7 Å². The van der Waals surface area contributed by atoms with Gasteiger partial charge < -0.3 is 20.9 Å². The number of piperidine rings is 1. The molecule has 1 aromatic rings. The van der Waals surface area contributed by atoms with Gasteiger partial charge in [0.15, 0.2) is 0 Å². The predicted molar refractivity (Wildman–Crippen MR) is 102 cm³/mol. The fraction of sp³-hybridized carbons (Fsp3) is 0.556. The molecule has 2 amide bonds. The number of carbonyl (C=O) groups excluding carboxylic acids is 2. The van der Waals surface area contributed by atoms with Crippen LogP contribution < -0.4 is 16.0 Å². The first-order valence-corrected chi connectivity index (χ1v) is 8.72. The maximum Gasteiger partial charge on any atom is 0.239 e. The first-order valence-electron chi connectivity index (χ1n) is 8.72. The van der Waals surface area contributed by atoms with Crippen molar-refractivity contribution in [1.29, 1.82) is 0 Å². The Hall–Kier alpha value is -1.95. The van der Waals surface area contributed by atoms with Crippen LogP contribution in [0.2, 0.25) is 0 Å². The van der Waals surface area contributed by atoms with Gasteiger partial charge in [-0.1, -0.05) is 6.07 Å². The lowest BCUT2D eigenvalue weighted by atomic mass is 10.00. The maximum atomic E-state index is 12.4. The van der Waals surface area contributed by atoms with Crippen LogP contribution in [0, 0.1) is 0 Å². The van der Waals surface area contributed by atoms with E-state index in [0.717, 1.165) is 62.3 Å². The third kappa shape index (κ3) is 4.57. The first-order chi connectivity index (χ1) is 11.5. The summed E-state index contributed by atoms with van der Waals surface area (Å²) in [5.74, 6) is 0.161. The highest BCUT2D eigenvalue weighted by Gasteiger charge is 2.24. The highest BCUT2D eigenvalue weighted by atomic mass is 35.5. The molecule has 1 fully saturated rings. The molecule has 0 aliphatic carbocycles. The van der Waals surface area contributed by atoms with Gasteiger partial charge in [-0.3, -0.25) is 9.59 Å². The molecular weight excluding hydrogens is 340 g/mol. The average molecular weight is 367 g/mol. The van der Waals surface area contributed by atoms with Gasteiger partial charge >= 0.3 is 0 Å². The van der Waals surface area contributed by atoms with E-state index in [2.05, 4.69) is 10.2 Å². The Morgan fingerprint density at radius 3 is 2.64 bits per heavy atom. The van der Waals surface area contributed by atoms with Crippen LogP contribution in [0.5, 0.6) is 0 Å². The van der Waals surface area contributed by atoms with Crippen molar-refractivity contribution in [3.8, 4) is 0 Å². The number of hydrogen-bond donors (Lipinski definition) is 2. The van der Waals surface area contributed by atoms with Gasteiger partial charge in [-0.05, 0) is 43.4 Å². The van der Waals surface area contributed by atoms with Crippen molar-refractivity contribution in [2.75, 3.05) is 36.8 Å². The van der Waals surface area contributed by atoms with Gasteiger partial charge in [0.2, 0.25) is 11.8 Å². The lowest BCUT2D eigenvalue weighted by Gasteiger charge is -2.34. The number of benzene rings is 1. The first kappa shape index (κ1) is 19.4. The molecule has 7 heteroatoms. The fourth-order valence-electron chi connectivity index (χ4n) is 3.68. The van der Waals surface area contributed by atoms with Crippen molar-refractivity contribution in [3.05, 3.63) is 23.8 Å². The van der Waals surface area contributed by atoms with Crippen molar-refractivity contribution in [2.45, 2.75) is 38.6 Å². The number of halogens is 1. The monoisotopic (exact) mass is 366 g/mol. The minimum absolute atomic E-state index is 0. The molecule has 0 radical (unpaired) electrons. The van der Waals surface area contributed by atoms with E-state index in [-0.39, 0.29) is 30.3 Å². The number of fused-ring (bicyclic) bond motifs is 1. The minimum atomic E-state index is 0. The van der Waals surface area contributed by atoms with E-state index in [1.165, 1.54) is 0 Å². The molecule has 0 aromatic heterocycles. The number of nitrogens with two attached hydrogens (primary N) is 1. The van der Waals surface area contributed by atoms with Crippen molar-refractivity contribution in [3.63, 3.8) is 0 Å². The van der Waals surface area contributed by atoms with E-state index in [1.807, 2.05) is 23.1 Å². The topological polar surface area (TPSA) is 78.7 Å². The van der Waals surface area contributed by atoms with Crippen LogP contribution in [0.25, 0.3) is 0 Å². The molecule has 0 spiro atoms. The zero-order valence-corrected chi connectivity index (χ0v) is 15.5. The van der Waals surface area contributed by atoms with Crippen LogP contribution >= 0.6 is 12.4 Å². The average Bonchev–Trinajstić information content (AvgIpc) is 2.56. The predicted octanol–water partition coefficient (Wildman–Crippen LogP) is 1.57. The molecule has 1 saturated heterocycles. The summed E-state index contributed by atoms with van der Waals surface area (Å²) in [5, 5.41) is 3.12. The summed E-state index contributed by atoms with van der Waals surface area (Å²) < 4.78 is 0. The highest BCUT2D eigenvalue weighted by Crippen LogP contribution is 2.30. The molecule has 0 atom stereocenters. The van der Waals surface area contributed by atoms with E-state index < -0.39 is 0 Å². The number of nitrogen functional groups attached to an aromatic ring is 1. The van der Waals surface area contributed by atoms with Gasteiger partial charge in [0.25, 0.3) is 0 Å². The van der Waals surface area contributed by atoms with Crippen molar-refractivity contribution < 1.29 is 9.59 Å². The van der Waals surface area contributed by atoms with E-state index in [9.17, 15) is 9.59 Å². The van der Waals surface area contributed by atoms with Crippen molar-refractivity contribution in [2.24, 2.45) is 0 Å². The van der Waals surface area contributed by atoms with Gasteiger partial charge in [0, 0.05) is 44.0 Å². The summed E-state index contributed by atoms with van der Waals surface area (Å²) in [6.45, 7) is 4.29.